The average molecular weight is 358 g/mol. The van der Waals surface area contributed by atoms with E-state index in [1.54, 1.807) is 0 Å². The molecule has 2 heterocycles. The minimum Gasteiger partial charge on any atom is -0.478 e. The minimum absolute atomic E-state index is 0.111. The van der Waals surface area contributed by atoms with E-state index in [9.17, 15) is 14.7 Å². The summed E-state index contributed by atoms with van der Waals surface area (Å²) in [6, 6.07) is 0. The summed E-state index contributed by atoms with van der Waals surface area (Å²) < 4.78 is 5.43. The highest BCUT2D eigenvalue weighted by Gasteiger charge is 2.31. The van der Waals surface area contributed by atoms with Crippen molar-refractivity contribution in [2.24, 2.45) is 0 Å². The summed E-state index contributed by atoms with van der Waals surface area (Å²) in [5.74, 6) is 0.518. The predicted octanol–water partition coefficient (Wildman–Crippen LogP) is 3.66. The van der Waals surface area contributed by atoms with Crippen LogP contribution in [-0.4, -0.2) is 27.0 Å². The lowest BCUT2D eigenvalue weighted by molar-refractivity contribution is -0.133. The maximum absolute atomic E-state index is 12.7. The summed E-state index contributed by atoms with van der Waals surface area (Å²) in [5.41, 5.74) is 2.56. The van der Waals surface area contributed by atoms with Gasteiger partial charge in [-0.3, -0.25) is 4.79 Å². The highest BCUT2D eigenvalue weighted by molar-refractivity contribution is 7.10. The Hall–Kier alpha value is -2.28. The predicted molar refractivity (Wildman–Crippen MR) is 91.5 cm³/mol. The van der Waals surface area contributed by atoms with Crippen LogP contribution >= 0.6 is 11.3 Å². The van der Waals surface area contributed by atoms with Crippen LogP contribution in [-0.2, 0) is 16.0 Å². The Morgan fingerprint density at radius 3 is 2.80 bits per heavy atom. The van der Waals surface area contributed by atoms with Gasteiger partial charge in [-0.15, -0.1) is 11.3 Å². The number of carbonyl (C=O) groups excluding carboxylic acids is 1. The van der Waals surface area contributed by atoms with E-state index in [2.05, 4.69) is 10.1 Å². The molecule has 2 aliphatic carbocycles. The molecule has 25 heavy (non-hydrogen) atoms. The molecular weight excluding hydrogens is 340 g/mol. The zero-order valence-corrected chi connectivity index (χ0v) is 14.7. The van der Waals surface area contributed by atoms with Crippen LogP contribution in [0, 0.1) is 6.92 Å². The van der Waals surface area contributed by atoms with Gasteiger partial charge in [0.2, 0.25) is 0 Å². The van der Waals surface area contributed by atoms with Gasteiger partial charge >= 0.3 is 5.97 Å². The van der Waals surface area contributed by atoms with E-state index in [4.69, 9.17) is 4.52 Å². The van der Waals surface area contributed by atoms with Crippen molar-refractivity contribution in [1.29, 1.82) is 0 Å². The molecule has 7 heteroatoms. The van der Waals surface area contributed by atoms with Crippen LogP contribution in [0.5, 0.6) is 0 Å². The van der Waals surface area contributed by atoms with Crippen LogP contribution in [0.25, 0.3) is 11.5 Å². The van der Waals surface area contributed by atoms with Gasteiger partial charge < -0.3 is 9.63 Å². The molecule has 2 aromatic heterocycles. The Balaban J connectivity index is 1.62. The fourth-order valence-corrected chi connectivity index (χ4v) is 4.32. The number of aromatic nitrogens is 2. The zero-order chi connectivity index (χ0) is 17.6. The molecule has 1 N–H and O–H groups in total. The monoisotopic (exact) mass is 358 g/mol. The summed E-state index contributed by atoms with van der Waals surface area (Å²) in [5, 5.41) is 15.3. The quantitative estimate of drug-likeness (QED) is 0.847. The molecule has 0 aromatic carbocycles. The summed E-state index contributed by atoms with van der Waals surface area (Å²) in [6.45, 7) is 1.96. The molecule has 0 unspecified atom stereocenters. The number of carbonyl (C=O) groups is 2. The van der Waals surface area contributed by atoms with Crippen molar-refractivity contribution >= 4 is 23.1 Å². The third-order valence-corrected chi connectivity index (χ3v) is 5.89. The molecular formula is C18H18N2O4S. The fourth-order valence-electron chi connectivity index (χ4n) is 3.30. The van der Waals surface area contributed by atoms with Gasteiger partial charge in [0.15, 0.2) is 11.6 Å². The summed E-state index contributed by atoms with van der Waals surface area (Å²) in [6.07, 6.45) is 4.13. The number of Topliss-reactive ketones (excluding diaryl/α,β-unsaturated/α-hetero) is 1. The van der Waals surface area contributed by atoms with Gasteiger partial charge in [-0.25, -0.2) is 4.79 Å². The first-order valence-corrected chi connectivity index (χ1v) is 9.32. The van der Waals surface area contributed by atoms with Crippen molar-refractivity contribution in [2.75, 3.05) is 0 Å². The molecule has 0 atom stereocenters. The number of aryl methyl sites for hydroxylation is 1. The standard InChI is InChI=1S/C18H18N2O4S/c1-9-8-25-14(7-13(21)11-3-2-4-12(11)18(22)23)15(9)17-19-16(20-24-17)10-5-6-10/h8,10H,2-7H2,1H3,(H,22,23). The summed E-state index contributed by atoms with van der Waals surface area (Å²) in [4.78, 5) is 29.3. The number of hydrogen-bond acceptors (Lipinski definition) is 6. The molecule has 0 radical (unpaired) electrons. The van der Waals surface area contributed by atoms with E-state index in [0.29, 0.717) is 30.2 Å². The van der Waals surface area contributed by atoms with Crippen LogP contribution in [0.3, 0.4) is 0 Å². The highest BCUT2D eigenvalue weighted by Crippen LogP contribution is 2.40. The van der Waals surface area contributed by atoms with E-state index in [1.165, 1.54) is 11.3 Å². The fraction of sp³-hybridized carbons (Fsp3) is 0.444. The van der Waals surface area contributed by atoms with Gasteiger partial charge in [0.1, 0.15) is 0 Å². The topological polar surface area (TPSA) is 93.3 Å². The average Bonchev–Trinajstić information content (AvgIpc) is 3.00. The molecule has 0 bridgehead atoms. The lowest BCUT2D eigenvalue weighted by atomic mass is 10.0. The van der Waals surface area contributed by atoms with Gasteiger partial charge in [0.05, 0.1) is 5.56 Å². The molecule has 1 saturated carbocycles. The number of carboxylic acids is 1. The van der Waals surface area contributed by atoms with Crippen molar-refractivity contribution < 1.29 is 19.2 Å². The maximum atomic E-state index is 12.7. The lowest BCUT2D eigenvalue weighted by Gasteiger charge is -2.04. The Bertz CT molecular complexity index is 889. The maximum Gasteiger partial charge on any atom is 0.331 e. The number of rotatable bonds is 6. The number of allylic oxidation sites excluding steroid dienone is 1. The van der Waals surface area contributed by atoms with Crippen LogP contribution < -0.4 is 0 Å². The van der Waals surface area contributed by atoms with Crippen molar-refractivity contribution in [1.82, 2.24) is 10.1 Å². The van der Waals surface area contributed by atoms with Gasteiger partial charge in [0, 0.05) is 28.4 Å². The Morgan fingerprint density at radius 1 is 1.32 bits per heavy atom. The molecule has 0 spiro atoms. The van der Waals surface area contributed by atoms with Crippen molar-refractivity contribution in [3.63, 3.8) is 0 Å². The zero-order valence-electron chi connectivity index (χ0n) is 13.9. The van der Waals surface area contributed by atoms with Crippen molar-refractivity contribution in [3.05, 3.63) is 32.8 Å². The SMILES string of the molecule is Cc1csc(CC(=O)C2=C(C(=O)O)CCC2)c1-c1nc(C2CC2)no1. The largest absolute Gasteiger partial charge is 0.478 e. The molecule has 2 aromatic rings. The highest BCUT2D eigenvalue weighted by atomic mass is 32.1. The molecule has 0 saturated heterocycles. The van der Waals surface area contributed by atoms with Crippen LogP contribution in [0.4, 0.5) is 0 Å². The molecule has 0 aliphatic heterocycles. The van der Waals surface area contributed by atoms with E-state index in [-0.39, 0.29) is 17.8 Å². The van der Waals surface area contributed by atoms with Crippen LogP contribution in [0.2, 0.25) is 0 Å². The van der Waals surface area contributed by atoms with Crippen molar-refractivity contribution in [3.8, 4) is 11.5 Å². The van der Waals surface area contributed by atoms with E-state index >= 15 is 0 Å². The summed E-state index contributed by atoms with van der Waals surface area (Å²) in [7, 11) is 0. The Morgan fingerprint density at radius 2 is 2.08 bits per heavy atom. The second-order valence-corrected chi connectivity index (χ2v) is 7.63. The molecule has 130 valence electrons. The number of aliphatic carboxylic acids is 1. The van der Waals surface area contributed by atoms with Gasteiger partial charge in [-0.05, 0) is 50.0 Å². The molecule has 6 nitrogen and oxygen atoms in total. The van der Waals surface area contributed by atoms with Gasteiger partial charge in [0.25, 0.3) is 5.89 Å². The second kappa shape index (κ2) is 6.22. The van der Waals surface area contributed by atoms with Crippen molar-refractivity contribution in [2.45, 2.75) is 51.4 Å². The van der Waals surface area contributed by atoms with E-state index in [0.717, 1.165) is 41.1 Å². The number of ketones is 1. The van der Waals surface area contributed by atoms with Crippen LogP contribution in [0.1, 0.15) is 54.3 Å². The number of thiophene rings is 1. The molecule has 1 fully saturated rings. The van der Waals surface area contributed by atoms with Crippen LogP contribution in [0.15, 0.2) is 21.0 Å². The summed E-state index contributed by atoms with van der Waals surface area (Å²) >= 11 is 1.48. The lowest BCUT2D eigenvalue weighted by Crippen LogP contribution is -2.10. The Kier molecular flexibility index (Phi) is 4.03. The van der Waals surface area contributed by atoms with Gasteiger partial charge in [-0.2, -0.15) is 4.98 Å². The first-order chi connectivity index (χ1) is 12.0. The van der Waals surface area contributed by atoms with E-state index < -0.39 is 5.97 Å². The minimum atomic E-state index is -0.977. The molecule has 2 aliphatic rings. The number of hydrogen-bond donors (Lipinski definition) is 1. The number of carboxylic acid groups (broad SMARTS) is 1. The third-order valence-electron chi connectivity index (χ3n) is 4.78. The van der Waals surface area contributed by atoms with Gasteiger partial charge in [-0.1, -0.05) is 5.16 Å². The Labute approximate surface area is 148 Å². The number of nitrogens with zero attached hydrogens (tertiary/aromatic N) is 2. The third kappa shape index (κ3) is 3.04. The second-order valence-electron chi connectivity index (χ2n) is 6.66. The first-order valence-electron chi connectivity index (χ1n) is 8.44. The molecule has 4 rings (SSSR count). The first kappa shape index (κ1) is 16.2. The normalized spacial score (nSPS) is 17.3. The smallest absolute Gasteiger partial charge is 0.331 e. The van der Waals surface area contributed by atoms with E-state index in [1.807, 2.05) is 12.3 Å². The molecule has 0 amide bonds.